The second kappa shape index (κ2) is 10.1. The van der Waals surface area contributed by atoms with Crippen LogP contribution in [0.4, 0.5) is 0 Å². The average Bonchev–Trinajstić information content (AvgIpc) is 2.76. The Morgan fingerprint density at radius 1 is 1.38 bits per heavy atom. The molecule has 0 atom stereocenters. The van der Waals surface area contributed by atoms with Crippen LogP contribution < -0.4 is 10.6 Å². The summed E-state index contributed by atoms with van der Waals surface area (Å²) in [6.45, 7) is 1.78. The summed E-state index contributed by atoms with van der Waals surface area (Å²) in [6, 6.07) is 0. The Labute approximate surface area is 116 Å². The highest BCUT2D eigenvalue weighted by Gasteiger charge is 2.14. The number of aliphatic imine (C=N–C) groups is 1. The van der Waals surface area contributed by atoms with Crippen LogP contribution >= 0.6 is 24.0 Å². The molecule has 0 aromatic rings. The molecule has 4 nitrogen and oxygen atoms in total. The topological polar surface area (TPSA) is 45.7 Å². The van der Waals surface area contributed by atoms with Gasteiger partial charge in [-0.25, -0.2) is 0 Å². The van der Waals surface area contributed by atoms with E-state index in [4.69, 9.17) is 4.74 Å². The molecule has 1 fully saturated rings. The molecule has 0 amide bonds. The highest BCUT2D eigenvalue weighted by atomic mass is 127. The molecule has 0 aromatic carbocycles. The molecular formula is C11H24IN3O. The number of nitrogens with zero attached hydrogens (tertiary/aromatic N) is 1. The predicted molar refractivity (Wildman–Crippen MR) is 78.7 cm³/mol. The first-order chi connectivity index (χ1) is 7.36. The van der Waals surface area contributed by atoms with E-state index in [9.17, 15) is 0 Å². The molecule has 0 bridgehead atoms. The van der Waals surface area contributed by atoms with E-state index in [1.54, 1.807) is 7.05 Å². The SMILES string of the molecule is CN=C(NC)NCCCOC1CCCC1.I. The van der Waals surface area contributed by atoms with Crippen LogP contribution in [-0.4, -0.2) is 39.3 Å². The van der Waals surface area contributed by atoms with Gasteiger partial charge in [0.05, 0.1) is 6.10 Å². The lowest BCUT2D eigenvalue weighted by Crippen LogP contribution is -2.35. The summed E-state index contributed by atoms with van der Waals surface area (Å²) >= 11 is 0. The summed E-state index contributed by atoms with van der Waals surface area (Å²) in [5.41, 5.74) is 0. The molecule has 0 aromatic heterocycles. The number of nitrogens with one attached hydrogen (secondary N) is 2. The fourth-order valence-corrected chi connectivity index (χ4v) is 1.86. The first-order valence-electron chi connectivity index (χ1n) is 5.87. The monoisotopic (exact) mass is 341 g/mol. The molecule has 0 radical (unpaired) electrons. The van der Waals surface area contributed by atoms with Crippen LogP contribution in [0.5, 0.6) is 0 Å². The van der Waals surface area contributed by atoms with Crippen LogP contribution in [-0.2, 0) is 4.74 Å². The maximum Gasteiger partial charge on any atom is 0.190 e. The average molecular weight is 341 g/mol. The Morgan fingerprint density at radius 3 is 2.62 bits per heavy atom. The Kier molecular flexibility index (Phi) is 10.1. The number of hydrogen-bond donors (Lipinski definition) is 2. The van der Waals surface area contributed by atoms with E-state index in [0.717, 1.165) is 25.5 Å². The molecule has 0 aliphatic heterocycles. The van der Waals surface area contributed by atoms with E-state index < -0.39 is 0 Å². The zero-order valence-corrected chi connectivity index (χ0v) is 12.6. The second-order valence-electron chi connectivity index (χ2n) is 3.88. The number of ether oxygens (including phenoxy) is 1. The van der Waals surface area contributed by atoms with Crippen LogP contribution in [0.3, 0.4) is 0 Å². The smallest absolute Gasteiger partial charge is 0.190 e. The summed E-state index contributed by atoms with van der Waals surface area (Å²) in [4.78, 5) is 4.04. The van der Waals surface area contributed by atoms with Gasteiger partial charge in [-0.15, -0.1) is 24.0 Å². The summed E-state index contributed by atoms with van der Waals surface area (Å²) < 4.78 is 5.75. The second-order valence-corrected chi connectivity index (χ2v) is 3.88. The van der Waals surface area contributed by atoms with Crippen molar-refractivity contribution in [2.45, 2.75) is 38.2 Å². The van der Waals surface area contributed by atoms with Gasteiger partial charge in [-0.2, -0.15) is 0 Å². The Hall–Kier alpha value is -0.0400. The quantitative estimate of drug-likeness (QED) is 0.347. The normalized spacial score (nSPS) is 17.0. The molecule has 0 heterocycles. The van der Waals surface area contributed by atoms with E-state index in [-0.39, 0.29) is 24.0 Å². The van der Waals surface area contributed by atoms with Crippen LogP contribution in [0, 0.1) is 0 Å². The summed E-state index contributed by atoms with van der Waals surface area (Å²) in [5.74, 6) is 0.843. The summed E-state index contributed by atoms with van der Waals surface area (Å²) in [7, 11) is 3.64. The van der Waals surface area contributed by atoms with E-state index in [2.05, 4.69) is 15.6 Å². The van der Waals surface area contributed by atoms with Crippen LogP contribution in [0.2, 0.25) is 0 Å². The Morgan fingerprint density at radius 2 is 2.06 bits per heavy atom. The third-order valence-electron chi connectivity index (χ3n) is 2.73. The van der Waals surface area contributed by atoms with E-state index in [0.29, 0.717) is 6.10 Å². The zero-order chi connectivity index (χ0) is 10.9. The molecule has 16 heavy (non-hydrogen) atoms. The maximum absolute atomic E-state index is 5.75. The van der Waals surface area contributed by atoms with Gasteiger partial charge in [-0.05, 0) is 19.3 Å². The number of guanidine groups is 1. The molecule has 0 unspecified atom stereocenters. The lowest BCUT2D eigenvalue weighted by Gasteiger charge is -2.12. The van der Waals surface area contributed by atoms with Crippen molar-refractivity contribution in [3.05, 3.63) is 0 Å². The van der Waals surface area contributed by atoms with Gasteiger partial charge < -0.3 is 15.4 Å². The van der Waals surface area contributed by atoms with Crippen molar-refractivity contribution in [2.75, 3.05) is 27.2 Å². The Bertz CT molecular complexity index is 194. The van der Waals surface area contributed by atoms with Crippen molar-refractivity contribution in [1.82, 2.24) is 10.6 Å². The van der Waals surface area contributed by atoms with Gasteiger partial charge in [-0.3, -0.25) is 4.99 Å². The molecule has 0 saturated heterocycles. The van der Waals surface area contributed by atoms with E-state index >= 15 is 0 Å². The Balaban J connectivity index is 0.00000225. The zero-order valence-electron chi connectivity index (χ0n) is 10.3. The van der Waals surface area contributed by atoms with Crippen molar-refractivity contribution in [3.63, 3.8) is 0 Å². The van der Waals surface area contributed by atoms with Gasteiger partial charge in [0.25, 0.3) is 0 Å². The van der Waals surface area contributed by atoms with Crippen molar-refractivity contribution in [2.24, 2.45) is 4.99 Å². The fourth-order valence-electron chi connectivity index (χ4n) is 1.86. The molecular weight excluding hydrogens is 317 g/mol. The summed E-state index contributed by atoms with van der Waals surface area (Å²) in [6.07, 6.45) is 6.77. The molecule has 1 aliphatic carbocycles. The lowest BCUT2D eigenvalue weighted by atomic mass is 10.3. The van der Waals surface area contributed by atoms with Crippen molar-refractivity contribution < 1.29 is 4.74 Å². The predicted octanol–water partition coefficient (Wildman–Crippen LogP) is 1.75. The van der Waals surface area contributed by atoms with Gasteiger partial charge in [0.1, 0.15) is 0 Å². The minimum atomic E-state index is 0. The fraction of sp³-hybridized carbons (Fsp3) is 0.909. The molecule has 1 saturated carbocycles. The largest absolute Gasteiger partial charge is 0.378 e. The first kappa shape index (κ1) is 16.0. The number of halogens is 1. The van der Waals surface area contributed by atoms with Crippen molar-refractivity contribution in [1.29, 1.82) is 0 Å². The van der Waals surface area contributed by atoms with E-state index in [1.165, 1.54) is 25.7 Å². The molecule has 1 rings (SSSR count). The summed E-state index contributed by atoms with van der Waals surface area (Å²) in [5, 5.41) is 6.19. The standard InChI is InChI=1S/C11H23N3O.HI/c1-12-11(13-2)14-8-5-9-15-10-6-3-4-7-10;/h10H,3-9H2,1-2H3,(H2,12,13,14);1H. The van der Waals surface area contributed by atoms with Crippen molar-refractivity contribution >= 4 is 29.9 Å². The highest BCUT2D eigenvalue weighted by Crippen LogP contribution is 2.20. The minimum Gasteiger partial charge on any atom is -0.378 e. The van der Waals surface area contributed by atoms with Crippen LogP contribution in [0.1, 0.15) is 32.1 Å². The van der Waals surface area contributed by atoms with Crippen LogP contribution in [0.15, 0.2) is 4.99 Å². The number of hydrogen-bond acceptors (Lipinski definition) is 2. The molecule has 2 N–H and O–H groups in total. The van der Waals surface area contributed by atoms with Crippen molar-refractivity contribution in [3.8, 4) is 0 Å². The number of rotatable bonds is 5. The van der Waals surface area contributed by atoms with Gasteiger partial charge in [0, 0.05) is 27.2 Å². The molecule has 5 heteroatoms. The third kappa shape index (κ3) is 6.52. The van der Waals surface area contributed by atoms with E-state index in [1.807, 2.05) is 7.05 Å². The molecule has 0 spiro atoms. The first-order valence-corrected chi connectivity index (χ1v) is 5.87. The van der Waals surface area contributed by atoms with Crippen LogP contribution in [0.25, 0.3) is 0 Å². The highest BCUT2D eigenvalue weighted by molar-refractivity contribution is 14.0. The maximum atomic E-state index is 5.75. The van der Waals surface area contributed by atoms with Gasteiger partial charge >= 0.3 is 0 Å². The minimum absolute atomic E-state index is 0. The third-order valence-corrected chi connectivity index (χ3v) is 2.73. The lowest BCUT2D eigenvalue weighted by molar-refractivity contribution is 0.0574. The van der Waals surface area contributed by atoms with Gasteiger partial charge in [0.2, 0.25) is 0 Å². The molecule has 96 valence electrons. The van der Waals surface area contributed by atoms with Gasteiger partial charge in [-0.1, -0.05) is 12.8 Å². The van der Waals surface area contributed by atoms with Gasteiger partial charge in [0.15, 0.2) is 5.96 Å². The molecule has 1 aliphatic rings.